The van der Waals surface area contributed by atoms with Crippen LogP contribution in [0.1, 0.15) is 58.8 Å². The average Bonchev–Trinajstić information content (AvgIpc) is 3.07. The molecular weight excluding hydrogens is 332 g/mol. The van der Waals surface area contributed by atoms with Gasteiger partial charge in [-0.15, -0.1) is 0 Å². The number of hydrogen-bond acceptors (Lipinski definition) is 3. The molecule has 3 aliphatic rings. The van der Waals surface area contributed by atoms with E-state index in [9.17, 15) is 0 Å². The van der Waals surface area contributed by atoms with Crippen LogP contribution in [0.3, 0.4) is 0 Å². The van der Waals surface area contributed by atoms with E-state index in [0.717, 1.165) is 30.8 Å². The Morgan fingerprint density at radius 3 is 2.19 bits per heavy atom. The van der Waals surface area contributed by atoms with E-state index in [-0.39, 0.29) is 5.54 Å². The quantitative estimate of drug-likeness (QED) is 0.745. The second-order valence-corrected chi connectivity index (χ2v) is 9.45. The lowest BCUT2D eigenvalue weighted by atomic mass is 9.77. The Morgan fingerprint density at radius 2 is 1.59 bits per heavy atom. The minimum absolute atomic E-state index is 0.196. The molecule has 0 bridgehead atoms. The molecule has 2 saturated heterocycles. The Hall–Kier alpha value is -1.06. The highest BCUT2D eigenvalue weighted by Crippen LogP contribution is 2.44. The van der Waals surface area contributed by atoms with Gasteiger partial charge in [0.1, 0.15) is 0 Å². The molecule has 0 N–H and O–H groups in total. The Kier molecular flexibility index (Phi) is 5.80. The molecule has 0 radical (unpaired) electrons. The van der Waals surface area contributed by atoms with Gasteiger partial charge in [-0.3, -0.25) is 0 Å². The van der Waals surface area contributed by atoms with Crippen molar-refractivity contribution in [3.05, 3.63) is 30.3 Å². The van der Waals surface area contributed by atoms with Crippen LogP contribution in [0.15, 0.2) is 30.3 Å². The Balaban J connectivity index is 1.43. The summed E-state index contributed by atoms with van der Waals surface area (Å²) in [6, 6.07) is 11.8. The van der Waals surface area contributed by atoms with Crippen molar-refractivity contribution in [2.24, 2.45) is 11.8 Å². The van der Waals surface area contributed by atoms with Crippen LogP contribution in [0.25, 0.3) is 0 Å². The standard InChI is InChI=1S/C24H38N2O/c1-19(2)20-9-11-21(12-10-20)25-17-14-24(15-18-25)23(27-3)13-16-26(24)22-7-5-4-6-8-22/h4-8,19-21,23H,9-18H2,1-3H3/t20-,21+,23?. The van der Waals surface area contributed by atoms with Crippen LogP contribution in [0.4, 0.5) is 5.69 Å². The summed E-state index contributed by atoms with van der Waals surface area (Å²) in [5, 5.41) is 0. The van der Waals surface area contributed by atoms with Crippen LogP contribution in [-0.4, -0.2) is 49.3 Å². The third-order valence-corrected chi connectivity index (χ3v) is 7.97. The number of methoxy groups -OCH3 is 1. The molecule has 1 spiro atoms. The van der Waals surface area contributed by atoms with Crippen LogP contribution >= 0.6 is 0 Å². The maximum atomic E-state index is 6.02. The molecule has 3 nitrogen and oxygen atoms in total. The first-order valence-electron chi connectivity index (χ1n) is 11.2. The fourth-order valence-electron chi connectivity index (χ4n) is 6.24. The predicted molar refractivity (Wildman–Crippen MR) is 113 cm³/mol. The number of piperidine rings is 1. The van der Waals surface area contributed by atoms with E-state index in [1.807, 2.05) is 7.11 Å². The highest BCUT2D eigenvalue weighted by Gasteiger charge is 2.51. The van der Waals surface area contributed by atoms with Crippen LogP contribution in [0, 0.1) is 11.8 Å². The van der Waals surface area contributed by atoms with E-state index in [0.29, 0.717) is 6.10 Å². The summed E-state index contributed by atoms with van der Waals surface area (Å²) in [5.41, 5.74) is 1.57. The first-order valence-corrected chi connectivity index (χ1v) is 11.2. The highest BCUT2D eigenvalue weighted by atomic mass is 16.5. The molecule has 150 valence electrons. The van der Waals surface area contributed by atoms with Crippen LogP contribution in [0.2, 0.25) is 0 Å². The minimum Gasteiger partial charge on any atom is -0.379 e. The van der Waals surface area contributed by atoms with E-state index in [2.05, 4.69) is 54.0 Å². The monoisotopic (exact) mass is 370 g/mol. The van der Waals surface area contributed by atoms with Crippen molar-refractivity contribution >= 4 is 5.69 Å². The summed E-state index contributed by atoms with van der Waals surface area (Å²) in [5.74, 6) is 1.81. The molecule has 1 aliphatic carbocycles. The summed E-state index contributed by atoms with van der Waals surface area (Å²) in [4.78, 5) is 5.49. The normalized spacial score (nSPS) is 31.7. The first kappa shape index (κ1) is 19.3. The number of nitrogens with zero attached hydrogens (tertiary/aromatic N) is 2. The van der Waals surface area contributed by atoms with Gasteiger partial charge in [-0.25, -0.2) is 0 Å². The number of likely N-dealkylation sites (tertiary alicyclic amines) is 1. The minimum atomic E-state index is 0.196. The van der Waals surface area contributed by atoms with Crippen molar-refractivity contribution in [2.75, 3.05) is 31.6 Å². The van der Waals surface area contributed by atoms with Crippen molar-refractivity contribution in [1.29, 1.82) is 0 Å². The lowest BCUT2D eigenvalue weighted by molar-refractivity contribution is 0.00535. The van der Waals surface area contributed by atoms with Crippen molar-refractivity contribution in [3.8, 4) is 0 Å². The van der Waals surface area contributed by atoms with Crippen LogP contribution < -0.4 is 4.90 Å². The zero-order valence-corrected chi connectivity index (χ0v) is 17.6. The molecule has 1 aromatic rings. The van der Waals surface area contributed by atoms with Gasteiger partial charge < -0.3 is 14.5 Å². The van der Waals surface area contributed by atoms with Gasteiger partial charge in [0.2, 0.25) is 0 Å². The largest absolute Gasteiger partial charge is 0.379 e. The van der Waals surface area contributed by atoms with Gasteiger partial charge in [0.15, 0.2) is 0 Å². The molecule has 3 heteroatoms. The Labute approximate surface area is 166 Å². The number of benzene rings is 1. The Bertz CT molecular complexity index is 586. The van der Waals surface area contributed by atoms with E-state index >= 15 is 0 Å². The first-order chi connectivity index (χ1) is 13.1. The van der Waals surface area contributed by atoms with Gasteiger partial charge in [0.05, 0.1) is 11.6 Å². The second kappa shape index (κ2) is 8.13. The van der Waals surface area contributed by atoms with Crippen LogP contribution in [-0.2, 0) is 4.74 Å². The smallest absolute Gasteiger partial charge is 0.0820 e. The summed E-state index contributed by atoms with van der Waals surface area (Å²) < 4.78 is 6.02. The van der Waals surface area contributed by atoms with Gasteiger partial charge in [-0.05, 0) is 68.9 Å². The maximum Gasteiger partial charge on any atom is 0.0820 e. The summed E-state index contributed by atoms with van der Waals surface area (Å²) in [6.45, 7) is 8.40. The number of hydrogen-bond donors (Lipinski definition) is 0. The summed E-state index contributed by atoms with van der Waals surface area (Å²) in [7, 11) is 1.92. The van der Waals surface area contributed by atoms with Crippen molar-refractivity contribution in [3.63, 3.8) is 0 Å². The fourth-order valence-corrected chi connectivity index (χ4v) is 6.24. The zero-order chi connectivity index (χ0) is 18.9. The lowest BCUT2D eigenvalue weighted by Gasteiger charge is -2.50. The average molecular weight is 371 g/mol. The predicted octanol–water partition coefficient (Wildman–Crippen LogP) is 4.96. The summed E-state index contributed by atoms with van der Waals surface area (Å²) >= 11 is 0. The molecule has 1 aromatic carbocycles. The molecule has 1 atom stereocenters. The van der Waals surface area contributed by atoms with Crippen molar-refractivity contribution in [2.45, 2.75) is 76.5 Å². The van der Waals surface area contributed by atoms with Gasteiger partial charge in [-0.1, -0.05) is 32.0 Å². The van der Waals surface area contributed by atoms with E-state index in [1.165, 1.54) is 57.3 Å². The summed E-state index contributed by atoms with van der Waals surface area (Å²) in [6.07, 6.45) is 9.69. The van der Waals surface area contributed by atoms with Gasteiger partial charge in [-0.2, -0.15) is 0 Å². The number of ether oxygens (including phenoxy) is 1. The number of para-hydroxylation sites is 1. The second-order valence-electron chi connectivity index (χ2n) is 9.45. The molecule has 1 unspecified atom stereocenters. The number of anilines is 1. The van der Waals surface area contributed by atoms with E-state index in [1.54, 1.807) is 0 Å². The molecule has 1 saturated carbocycles. The SMILES string of the molecule is COC1CCN(c2ccccc2)C12CCN([C@H]1CC[C@@H](C(C)C)CC1)CC2. The van der Waals surface area contributed by atoms with Crippen LogP contribution in [0.5, 0.6) is 0 Å². The molecule has 2 heterocycles. The number of rotatable bonds is 4. The van der Waals surface area contributed by atoms with Crippen molar-refractivity contribution < 1.29 is 4.74 Å². The third kappa shape index (κ3) is 3.65. The van der Waals surface area contributed by atoms with E-state index < -0.39 is 0 Å². The molecular formula is C24H38N2O. The van der Waals surface area contributed by atoms with Gasteiger partial charge in [0, 0.05) is 38.5 Å². The molecule has 4 rings (SSSR count). The van der Waals surface area contributed by atoms with Crippen molar-refractivity contribution in [1.82, 2.24) is 4.90 Å². The third-order valence-electron chi connectivity index (χ3n) is 7.97. The molecule has 3 fully saturated rings. The molecule has 27 heavy (non-hydrogen) atoms. The van der Waals surface area contributed by atoms with E-state index in [4.69, 9.17) is 4.74 Å². The zero-order valence-electron chi connectivity index (χ0n) is 17.6. The fraction of sp³-hybridized carbons (Fsp3) is 0.750. The molecule has 2 aliphatic heterocycles. The molecule has 0 aromatic heterocycles. The highest BCUT2D eigenvalue weighted by molar-refractivity contribution is 5.51. The lowest BCUT2D eigenvalue weighted by Crippen LogP contribution is -2.59. The van der Waals surface area contributed by atoms with Gasteiger partial charge in [0.25, 0.3) is 0 Å². The topological polar surface area (TPSA) is 15.7 Å². The maximum absolute atomic E-state index is 6.02. The van der Waals surface area contributed by atoms with Gasteiger partial charge >= 0.3 is 0 Å². The Morgan fingerprint density at radius 1 is 0.926 bits per heavy atom. The molecule has 0 amide bonds.